The summed E-state index contributed by atoms with van der Waals surface area (Å²) in [6, 6.07) is 9.98. The Labute approximate surface area is 158 Å². The maximum absolute atomic E-state index is 13.8. The van der Waals surface area contributed by atoms with E-state index in [0.717, 1.165) is 5.56 Å². The van der Waals surface area contributed by atoms with Crippen LogP contribution in [0, 0.1) is 5.82 Å². The van der Waals surface area contributed by atoms with Crippen molar-refractivity contribution in [2.75, 3.05) is 17.2 Å². The lowest BCUT2D eigenvalue weighted by Crippen LogP contribution is -2.21. The molecule has 0 saturated heterocycles. The molecular weight excluding hydrogens is 401 g/mol. The fourth-order valence-corrected chi connectivity index (χ4v) is 2.47. The Morgan fingerprint density at radius 1 is 1.23 bits per heavy atom. The van der Waals surface area contributed by atoms with Gasteiger partial charge in [-0.15, -0.1) is 0 Å². The van der Waals surface area contributed by atoms with E-state index in [-0.39, 0.29) is 18.5 Å². The lowest BCUT2D eigenvalue weighted by molar-refractivity contribution is 0.281. The van der Waals surface area contributed by atoms with Gasteiger partial charge in [0.25, 0.3) is 0 Å². The van der Waals surface area contributed by atoms with Crippen molar-refractivity contribution in [3.63, 3.8) is 0 Å². The summed E-state index contributed by atoms with van der Waals surface area (Å²) >= 11 is 3.13. The second-order valence-electron chi connectivity index (χ2n) is 5.69. The van der Waals surface area contributed by atoms with E-state index in [1.165, 1.54) is 6.07 Å². The van der Waals surface area contributed by atoms with Gasteiger partial charge in [-0.3, -0.25) is 4.98 Å². The molecule has 0 unspecified atom stereocenters. The summed E-state index contributed by atoms with van der Waals surface area (Å²) in [5.74, 6) is 0.477. The van der Waals surface area contributed by atoms with E-state index in [2.05, 4.69) is 41.5 Å². The quantitative estimate of drug-likeness (QED) is 0.562. The van der Waals surface area contributed by atoms with Crippen LogP contribution in [0.3, 0.4) is 0 Å². The van der Waals surface area contributed by atoms with E-state index < -0.39 is 0 Å². The number of hydrogen-bond donors (Lipinski definition) is 3. The Kier molecular flexibility index (Phi) is 5.75. The summed E-state index contributed by atoms with van der Waals surface area (Å²) in [6.45, 7) is 1.76. The van der Waals surface area contributed by atoms with Crippen LogP contribution < -0.4 is 10.6 Å². The third-order valence-corrected chi connectivity index (χ3v) is 4.17. The minimum atomic E-state index is -0.371. The van der Waals surface area contributed by atoms with Gasteiger partial charge < -0.3 is 15.7 Å². The van der Waals surface area contributed by atoms with Crippen molar-refractivity contribution in [3.8, 4) is 11.3 Å². The number of nitrogens with zero attached hydrogens (tertiary/aromatic N) is 3. The normalized spacial score (nSPS) is 11.8. The van der Waals surface area contributed by atoms with Crippen molar-refractivity contribution in [1.29, 1.82) is 0 Å². The highest BCUT2D eigenvalue weighted by molar-refractivity contribution is 9.10. The van der Waals surface area contributed by atoms with Gasteiger partial charge in [0.15, 0.2) is 0 Å². The van der Waals surface area contributed by atoms with Gasteiger partial charge in [-0.1, -0.05) is 0 Å². The zero-order valence-electron chi connectivity index (χ0n) is 13.9. The first-order valence-corrected chi connectivity index (χ1v) is 8.73. The van der Waals surface area contributed by atoms with E-state index in [1.54, 1.807) is 30.6 Å². The first-order chi connectivity index (χ1) is 12.5. The zero-order valence-corrected chi connectivity index (χ0v) is 15.5. The van der Waals surface area contributed by atoms with Gasteiger partial charge in [-0.25, -0.2) is 9.37 Å². The van der Waals surface area contributed by atoms with Crippen molar-refractivity contribution >= 4 is 33.4 Å². The molecule has 3 rings (SSSR count). The summed E-state index contributed by atoms with van der Waals surface area (Å²) < 4.78 is 14.1. The number of nitrogens with one attached hydrogen (secondary N) is 2. The van der Waals surface area contributed by atoms with E-state index in [4.69, 9.17) is 0 Å². The van der Waals surface area contributed by atoms with Gasteiger partial charge in [0.05, 0.1) is 16.8 Å². The SMILES string of the molecule is C[C@@H](CO)Nc1nc(Nc2ccc(Br)c(F)c2)cc(-c2cccnc2)n1. The van der Waals surface area contributed by atoms with Gasteiger partial charge in [0, 0.05) is 35.8 Å². The first-order valence-electron chi connectivity index (χ1n) is 7.94. The topological polar surface area (TPSA) is 83.0 Å². The monoisotopic (exact) mass is 417 g/mol. The van der Waals surface area contributed by atoms with Crippen LogP contribution in [0.1, 0.15) is 6.92 Å². The number of aliphatic hydroxyl groups is 1. The Morgan fingerprint density at radius 2 is 2.08 bits per heavy atom. The van der Waals surface area contributed by atoms with E-state index >= 15 is 0 Å². The third-order valence-electron chi connectivity index (χ3n) is 3.52. The number of aliphatic hydroxyl groups excluding tert-OH is 1. The highest BCUT2D eigenvalue weighted by Gasteiger charge is 2.10. The number of hydrogen-bond acceptors (Lipinski definition) is 6. The fraction of sp³-hybridized carbons (Fsp3) is 0.167. The number of pyridine rings is 1. The predicted octanol–water partition coefficient (Wildman–Crippen LogP) is 3.98. The molecule has 2 heterocycles. The summed E-state index contributed by atoms with van der Waals surface area (Å²) in [5.41, 5.74) is 2.03. The van der Waals surface area contributed by atoms with Crippen LogP contribution in [-0.2, 0) is 0 Å². The molecule has 1 aromatic carbocycles. The van der Waals surface area contributed by atoms with Crippen molar-refractivity contribution in [2.45, 2.75) is 13.0 Å². The minimum absolute atomic E-state index is 0.0544. The van der Waals surface area contributed by atoms with Gasteiger partial charge in [-0.05, 0) is 53.2 Å². The van der Waals surface area contributed by atoms with Crippen LogP contribution in [0.25, 0.3) is 11.3 Å². The Morgan fingerprint density at radius 3 is 2.77 bits per heavy atom. The maximum atomic E-state index is 13.8. The molecule has 1 atom stereocenters. The van der Waals surface area contributed by atoms with Crippen molar-refractivity contribution < 1.29 is 9.50 Å². The summed E-state index contributed by atoms with van der Waals surface area (Å²) in [7, 11) is 0. The van der Waals surface area contributed by atoms with Gasteiger partial charge in [0.2, 0.25) is 5.95 Å². The Bertz CT molecular complexity index is 894. The number of benzene rings is 1. The minimum Gasteiger partial charge on any atom is -0.394 e. The summed E-state index contributed by atoms with van der Waals surface area (Å²) in [6.07, 6.45) is 3.38. The maximum Gasteiger partial charge on any atom is 0.225 e. The molecule has 0 aliphatic rings. The Balaban J connectivity index is 1.97. The molecule has 2 aromatic heterocycles. The average Bonchev–Trinajstić information content (AvgIpc) is 2.65. The number of aromatic nitrogens is 3. The molecule has 8 heteroatoms. The molecule has 134 valence electrons. The number of anilines is 3. The van der Waals surface area contributed by atoms with E-state index in [1.807, 2.05) is 19.1 Å². The molecule has 0 aliphatic carbocycles. The molecule has 0 bridgehead atoms. The molecular formula is C18H17BrFN5O. The predicted molar refractivity (Wildman–Crippen MR) is 103 cm³/mol. The highest BCUT2D eigenvalue weighted by Crippen LogP contribution is 2.25. The lowest BCUT2D eigenvalue weighted by Gasteiger charge is -2.14. The van der Waals surface area contributed by atoms with Crippen LogP contribution in [0.4, 0.5) is 21.8 Å². The highest BCUT2D eigenvalue weighted by atomic mass is 79.9. The van der Waals surface area contributed by atoms with Crippen molar-refractivity contribution in [2.24, 2.45) is 0 Å². The molecule has 0 spiro atoms. The van der Waals surface area contributed by atoms with E-state index in [9.17, 15) is 9.50 Å². The van der Waals surface area contributed by atoms with Gasteiger partial charge in [0.1, 0.15) is 11.6 Å². The molecule has 0 amide bonds. The molecule has 0 fully saturated rings. The second-order valence-corrected chi connectivity index (χ2v) is 6.54. The van der Waals surface area contributed by atoms with E-state index in [0.29, 0.717) is 27.6 Å². The molecule has 3 N–H and O–H groups in total. The molecule has 26 heavy (non-hydrogen) atoms. The van der Waals surface area contributed by atoms with Crippen LogP contribution in [0.5, 0.6) is 0 Å². The number of rotatable bonds is 6. The molecule has 0 saturated carbocycles. The average molecular weight is 418 g/mol. The largest absolute Gasteiger partial charge is 0.394 e. The second kappa shape index (κ2) is 8.20. The van der Waals surface area contributed by atoms with Crippen molar-refractivity contribution in [1.82, 2.24) is 15.0 Å². The smallest absolute Gasteiger partial charge is 0.225 e. The fourth-order valence-electron chi connectivity index (χ4n) is 2.23. The molecule has 3 aromatic rings. The molecule has 0 radical (unpaired) electrons. The Hall–Kier alpha value is -2.58. The summed E-state index contributed by atoms with van der Waals surface area (Å²) in [5, 5.41) is 15.4. The van der Waals surface area contributed by atoms with Gasteiger partial charge >= 0.3 is 0 Å². The standard InChI is InChI=1S/C18H17BrFN5O/c1-11(10-26)22-18-24-16(12-3-2-6-21-9-12)8-17(25-18)23-13-4-5-14(19)15(20)7-13/h2-9,11,26H,10H2,1H3,(H2,22,23,24,25)/t11-/m0/s1. The summed E-state index contributed by atoms with van der Waals surface area (Å²) in [4.78, 5) is 13.0. The van der Waals surface area contributed by atoms with Gasteiger partial charge in [-0.2, -0.15) is 4.98 Å². The van der Waals surface area contributed by atoms with Crippen LogP contribution >= 0.6 is 15.9 Å². The first kappa shape index (κ1) is 18.2. The van der Waals surface area contributed by atoms with Crippen LogP contribution in [0.15, 0.2) is 53.3 Å². The van der Waals surface area contributed by atoms with Crippen LogP contribution in [0.2, 0.25) is 0 Å². The third kappa shape index (κ3) is 4.53. The zero-order chi connectivity index (χ0) is 18.5. The van der Waals surface area contributed by atoms with Crippen LogP contribution in [-0.4, -0.2) is 32.7 Å². The number of halogens is 2. The molecule has 6 nitrogen and oxygen atoms in total. The lowest BCUT2D eigenvalue weighted by atomic mass is 10.2. The molecule has 0 aliphatic heterocycles. The van der Waals surface area contributed by atoms with Crippen molar-refractivity contribution in [3.05, 3.63) is 59.1 Å².